The van der Waals surface area contributed by atoms with Crippen molar-refractivity contribution in [1.29, 1.82) is 0 Å². The predicted octanol–water partition coefficient (Wildman–Crippen LogP) is 3.84. The molecule has 0 bridgehead atoms. The highest BCUT2D eigenvalue weighted by molar-refractivity contribution is 9.10. The molecule has 2 aromatic rings. The molecular weight excluding hydrogens is 320 g/mol. The molecule has 0 spiro atoms. The van der Waals surface area contributed by atoms with Crippen LogP contribution in [0.25, 0.3) is 0 Å². The molecule has 2 aromatic carbocycles. The molecule has 20 heavy (non-hydrogen) atoms. The van der Waals surface area contributed by atoms with Gasteiger partial charge in [0, 0.05) is 11.4 Å². The predicted molar refractivity (Wildman–Crippen MR) is 83.0 cm³/mol. The highest BCUT2D eigenvalue weighted by Crippen LogP contribution is 2.16. The Morgan fingerprint density at radius 2 is 1.75 bits per heavy atom. The zero-order valence-electron chi connectivity index (χ0n) is 10.8. The van der Waals surface area contributed by atoms with Crippen LogP contribution in [0.15, 0.2) is 64.2 Å². The summed E-state index contributed by atoms with van der Waals surface area (Å²) in [6.45, 7) is 1.41. The number of benzene rings is 2. The van der Waals surface area contributed by atoms with E-state index in [0.717, 1.165) is 10.2 Å². The standard InChI is InChI=1S/C15H13BrN2O2/c1-11(19)15(18-17-13-5-3-2-4-6-13)20-14-9-7-12(16)8-10-14/h2-10,17H,1H3/b18-15-. The molecule has 0 radical (unpaired) electrons. The highest BCUT2D eigenvalue weighted by atomic mass is 79.9. The molecule has 0 aliphatic heterocycles. The lowest BCUT2D eigenvalue weighted by atomic mass is 10.3. The van der Waals surface area contributed by atoms with Gasteiger partial charge in [0.05, 0.1) is 5.69 Å². The van der Waals surface area contributed by atoms with Crippen LogP contribution >= 0.6 is 15.9 Å². The van der Waals surface area contributed by atoms with Crippen molar-refractivity contribution in [2.75, 3.05) is 5.43 Å². The SMILES string of the molecule is CC(=O)/C(=N/Nc1ccccc1)Oc1ccc(Br)cc1. The van der Waals surface area contributed by atoms with Gasteiger partial charge < -0.3 is 4.74 Å². The maximum atomic E-state index is 11.5. The summed E-state index contributed by atoms with van der Waals surface area (Å²) in [5, 5.41) is 3.99. The lowest BCUT2D eigenvalue weighted by Gasteiger charge is -2.07. The molecule has 0 fully saturated rings. The van der Waals surface area contributed by atoms with Crippen LogP contribution in [0.3, 0.4) is 0 Å². The molecule has 4 nitrogen and oxygen atoms in total. The third-order valence-corrected chi connectivity index (χ3v) is 2.92. The van der Waals surface area contributed by atoms with Crippen molar-refractivity contribution in [1.82, 2.24) is 0 Å². The summed E-state index contributed by atoms with van der Waals surface area (Å²) in [6.07, 6.45) is 0. The number of carbonyl (C=O) groups is 1. The van der Waals surface area contributed by atoms with Gasteiger partial charge in [-0.15, -0.1) is 5.10 Å². The summed E-state index contributed by atoms with van der Waals surface area (Å²) >= 11 is 3.34. The number of halogens is 1. The number of para-hydroxylation sites is 1. The fraction of sp³-hybridized carbons (Fsp3) is 0.0667. The highest BCUT2D eigenvalue weighted by Gasteiger charge is 2.09. The number of nitrogens with one attached hydrogen (secondary N) is 1. The number of hydrogen-bond donors (Lipinski definition) is 1. The maximum absolute atomic E-state index is 11.5. The molecule has 5 heteroatoms. The Balaban J connectivity index is 2.11. The van der Waals surface area contributed by atoms with Gasteiger partial charge in [0.15, 0.2) is 0 Å². The summed E-state index contributed by atoms with van der Waals surface area (Å²) < 4.78 is 6.41. The van der Waals surface area contributed by atoms with E-state index >= 15 is 0 Å². The Bertz CT molecular complexity index is 610. The molecule has 0 heterocycles. The number of hydrogen-bond acceptors (Lipinski definition) is 4. The van der Waals surface area contributed by atoms with Crippen LogP contribution in [0.1, 0.15) is 6.92 Å². The number of carbonyl (C=O) groups excluding carboxylic acids is 1. The van der Waals surface area contributed by atoms with Gasteiger partial charge in [0.25, 0.3) is 5.90 Å². The summed E-state index contributed by atoms with van der Waals surface area (Å²) in [6, 6.07) is 16.5. The minimum absolute atomic E-state index is 0.0103. The van der Waals surface area contributed by atoms with Crippen molar-refractivity contribution in [3.8, 4) is 5.75 Å². The molecule has 0 aliphatic carbocycles. The second-order valence-electron chi connectivity index (χ2n) is 4.01. The normalized spacial score (nSPS) is 11.0. The van der Waals surface area contributed by atoms with E-state index in [2.05, 4.69) is 26.5 Å². The summed E-state index contributed by atoms with van der Waals surface area (Å²) in [5.74, 6) is 0.310. The molecule has 0 unspecified atom stereocenters. The Morgan fingerprint density at radius 3 is 2.35 bits per heavy atom. The Morgan fingerprint density at radius 1 is 1.10 bits per heavy atom. The van der Waals surface area contributed by atoms with Crippen LogP contribution in [0, 0.1) is 0 Å². The van der Waals surface area contributed by atoms with E-state index in [4.69, 9.17) is 4.74 Å². The monoisotopic (exact) mass is 332 g/mol. The minimum Gasteiger partial charge on any atom is -0.435 e. The van der Waals surface area contributed by atoms with Gasteiger partial charge in [-0.05, 0) is 36.4 Å². The number of Topliss-reactive ketones (excluding diaryl/α,β-unsaturated/α-hetero) is 1. The smallest absolute Gasteiger partial charge is 0.280 e. The van der Waals surface area contributed by atoms with Crippen molar-refractivity contribution in [3.63, 3.8) is 0 Å². The van der Waals surface area contributed by atoms with Crippen molar-refractivity contribution in [3.05, 3.63) is 59.1 Å². The summed E-state index contributed by atoms with van der Waals surface area (Å²) in [7, 11) is 0. The number of rotatable bonds is 4. The second kappa shape index (κ2) is 6.86. The van der Waals surface area contributed by atoms with Crippen molar-refractivity contribution in [2.24, 2.45) is 5.10 Å². The molecule has 1 N–H and O–H groups in total. The fourth-order valence-corrected chi connectivity index (χ4v) is 1.68. The number of anilines is 1. The van der Waals surface area contributed by atoms with Crippen LogP contribution in [0.4, 0.5) is 5.69 Å². The topological polar surface area (TPSA) is 50.7 Å². The Hall–Kier alpha value is -2.14. The van der Waals surface area contributed by atoms with E-state index < -0.39 is 0 Å². The van der Waals surface area contributed by atoms with Crippen molar-refractivity contribution in [2.45, 2.75) is 6.92 Å². The van der Waals surface area contributed by atoms with Crippen LogP contribution in [0.2, 0.25) is 0 Å². The van der Waals surface area contributed by atoms with Gasteiger partial charge in [-0.3, -0.25) is 10.2 Å². The summed E-state index contributed by atoms with van der Waals surface area (Å²) in [4.78, 5) is 11.5. The van der Waals surface area contributed by atoms with Gasteiger partial charge in [-0.25, -0.2) is 0 Å². The average molecular weight is 333 g/mol. The van der Waals surface area contributed by atoms with E-state index in [9.17, 15) is 4.79 Å². The molecule has 0 saturated carbocycles. The van der Waals surface area contributed by atoms with Gasteiger partial charge in [-0.2, -0.15) is 0 Å². The summed E-state index contributed by atoms with van der Waals surface area (Å²) in [5.41, 5.74) is 3.57. The quantitative estimate of drug-likeness (QED) is 0.525. The first-order valence-corrected chi connectivity index (χ1v) is 6.77. The third kappa shape index (κ3) is 4.20. The molecule has 0 saturated heterocycles. The third-order valence-electron chi connectivity index (χ3n) is 2.39. The number of ether oxygens (including phenoxy) is 1. The van der Waals surface area contributed by atoms with E-state index in [1.54, 1.807) is 12.1 Å². The molecular formula is C15H13BrN2O2. The van der Waals surface area contributed by atoms with E-state index in [1.165, 1.54) is 6.92 Å². The van der Waals surface area contributed by atoms with Crippen LogP contribution in [-0.4, -0.2) is 11.7 Å². The Labute approximate surface area is 125 Å². The zero-order valence-corrected chi connectivity index (χ0v) is 12.4. The second-order valence-corrected chi connectivity index (χ2v) is 4.92. The minimum atomic E-state index is -0.253. The lowest BCUT2D eigenvalue weighted by molar-refractivity contribution is -0.111. The van der Waals surface area contributed by atoms with Crippen LogP contribution in [0.5, 0.6) is 5.75 Å². The molecule has 0 amide bonds. The Kier molecular flexibility index (Phi) is 4.90. The van der Waals surface area contributed by atoms with E-state index in [0.29, 0.717) is 5.75 Å². The van der Waals surface area contributed by atoms with Gasteiger partial charge >= 0.3 is 0 Å². The molecule has 0 atom stereocenters. The first kappa shape index (κ1) is 14.3. The fourth-order valence-electron chi connectivity index (χ4n) is 1.42. The van der Waals surface area contributed by atoms with Gasteiger partial charge in [0.1, 0.15) is 5.75 Å². The van der Waals surface area contributed by atoms with E-state index in [1.807, 2.05) is 42.5 Å². The van der Waals surface area contributed by atoms with Crippen molar-refractivity contribution < 1.29 is 9.53 Å². The van der Waals surface area contributed by atoms with Gasteiger partial charge in [0.2, 0.25) is 5.78 Å². The van der Waals surface area contributed by atoms with Crippen molar-refractivity contribution >= 4 is 33.3 Å². The molecule has 2 rings (SSSR count). The van der Waals surface area contributed by atoms with E-state index in [-0.39, 0.29) is 11.7 Å². The average Bonchev–Trinajstić information content (AvgIpc) is 2.46. The lowest BCUT2D eigenvalue weighted by Crippen LogP contribution is -2.19. The molecule has 102 valence electrons. The van der Waals surface area contributed by atoms with Gasteiger partial charge in [-0.1, -0.05) is 34.1 Å². The largest absolute Gasteiger partial charge is 0.435 e. The first-order valence-electron chi connectivity index (χ1n) is 5.98. The molecule has 0 aliphatic rings. The number of ketones is 1. The molecule has 0 aromatic heterocycles. The zero-order chi connectivity index (χ0) is 14.4. The first-order chi connectivity index (χ1) is 9.65. The number of hydrazone groups is 1. The van der Waals surface area contributed by atoms with Crippen LogP contribution in [-0.2, 0) is 4.79 Å². The maximum Gasteiger partial charge on any atom is 0.280 e. The van der Waals surface area contributed by atoms with Crippen LogP contribution < -0.4 is 10.2 Å². The number of nitrogens with zero attached hydrogens (tertiary/aromatic N) is 1.